The van der Waals surface area contributed by atoms with E-state index in [1.165, 1.54) is 11.1 Å². The zero-order valence-corrected chi connectivity index (χ0v) is 20.2. The Morgan fingerprint density at radius 2 is 1.58 bits per heavy atom. The lowest BCUT2D eigenvalue weighted by Gasteiger charge is -2.37. The fourth-order valence-corrected chi connectivity index (χ4v) is 4.53. The van der Waals surface area contributed by atoms with E-state index in [1.54, 1.807) is 0 Å². The van der Waals surface area contributed by atoms with Crippen LogP contribution in [0.1, 0.15) is 29.4 Å². The molecule has 33 heavy (non-hydrogen) atoms. The Hall–Kier alpha value is -2.96. The van der Waals surface area contributed by atoms with E-state index in [4.69, 9.17) is 5.10 Å². The molecule has 1 aliphatic heterocycles. The van der Waals surface area contributed by atoms with Gasteiger partial charge in [0, 0.05) is 50.5 Å². The molecule has 0 saturated carbocycles. The molecule has 4 rings (SSSR count). The van der Waals surface area contributed by atoms with E-state index >= 15 is 0 Å². The van der Waals surface area contributed by atoms with Crippen molar-refractivity contribution < 1.29 is 4.79 Å². The largest absolute Gasteiger partial charge is 0.339 e. The minimum atomic E-state index is -0.176. The second kappa shape index (κ2) is 10.3. The number of nitrogens with zero attached hydrogens (tertiary/aromatic N) is 5. The molecule has 2 heterocycles. The van der Waals surface area contributed by atoms with E-state index in [0.29, 0.717) is 6.54 Å². The summed E-state index contributed by atoms with van der Waals surface area (Å²) < 4.78 is 2.00. The van der Waals surface area contributed by atoms with Crippen LogP contribution >= 0.6 is 0 Å². The van der Waals surface area contributed by atoms with Crippen LogP contribution in [-0.2, 0) is 17.9 Å². The van der Waals surface area contributed by atoms with Crippen molar-refractivity contribution >= 4 is 5.91 Å². The van der Waals surface area contributed by atoms with Crippen LogP contribution in [0.2, 0.25) is 0 Å². The van der Waals surface area contributed by atoms with Gasteiger partial charge in [-0.3, -0.25) is 14.6 Å². The number of benzene rings is 2. The molecular weight excluding hydrogens is 410 g/mol. The molecule has 1 aromatic heterocycles. The van der Waals surface area contributed by atoms with Gasteiger partial charge in [0.05, 0.1) is 17.4 Å². The van der Waals surface area contributed by atoms with Crippen LogP contribution < -0.4 is 0 Å². The van der Waals surface area contributed by atoms with Crippen molar-refractivity contribution in [2.75, 3.05) is 33.2 Å². The molecule has 1 fully saturated rings. The molecule has 6 heteroatoms. The topological polar surface area (TPSA) is 44.6 Å². The van der Waals surface area contributed by atoms with Crippen LogP contribution in [0.4, 0.5) is 0 Å². The van der Waals surface area contributed by atoms with E-state index < -0.39 is 0 Å². The molecule has 1 aliphatic rings. The molecule has 1 atom stereocenters. The quantitative estimate of drug-likeness (QED) is 0.557. The van der Waals surface area contributed by atoms with Gasteiger partial charge in [0.1, 0.15) is 0 Å². The maximum atomic E-state index is 13.2. The summed E-state index contributed by atoms with van der Waals surface area (Å²) >= 11 is 0. The third-order valence-corrected chi connectivity index (χ3v) is 6.80. The van der Waals surface area contributed by atoms with Gasteiger partial charge in [0.15, 0.2) is 0 Å². The number of aryl methyl sites for hydroxylation is 1. The number of likely N-dealkylation sites (N-methyl/N-ethyl adjacent to an activating group) is 1. The standard InChI is InChI=1S/C27H35N5O/c1-21-26(22(2)32(28-21)25-13-9-6-10-14-25)20-29(4)23(3)27(33)31-17-15-30(16-18-31)19-24-11-7-5-8-12-24/h5-14,23H,15-20H2,1-4H3/t23-/m0/s1. The highest BCUT2D eigenvalue weighted by Crippen LogP contribution is 2.20. The van der Waals surface area contributed by atoms with Crippen LogP contribution in [0.25, 0.3) is 5.69 Å². The fraction of sp³-hybridized carbons (Fsp3) is 0.407. The molecule has 1 amide bonds. The van der Waals surface area contributed by atoms with E-state index in [1.807, 2.05) is 54.7 Å². The third kappa shape index (κ3) is 5.34. The number of hydrogen-bond donors (Lipinski definition) is 0. The Balaban J connectivity index is 1.34. The van der Waals surface area contributed by atoms with Crippen LogP contribution in [0.15, 0.2) is 60.7 Å². The Morgan fingerprint density at radius 3 is 2.21 bits per heavy atom. The number of para-hydroxylation sites is 1. The minimum absolute atomic E-state index is 0.176. The highest BCUT2D eigenvalue weighted by atomic mass is 16.2. The normalized spacial score (nSPS) is 15.7. The third-order valence-electron chi connectivity index (χ3n) is 6.80. The predicted octanol–water partition coefficient (Wildman–Crippen LogP) is 3.65. The van der Waals surface area contributed by atoms with Gasteiger partial charge in [-0.15, -0.1) is 0 Å². The van der Waals surface area contributed by atoms with Crippen molar-refractivity contribution in [3.63, 3.8) is 0 Å². The summed E-state index contributed by atoms with van der Waals surface area (Å²) in [5.41, 5.74) is 5.71. The maximum absolute atomic E-state index is 13.2. The van der Waals surface area contributed by atoms with Gasteiger partial charge in [-0.05, 0) is 45.5 Å². The highest BCUT2D eigenvalue weighted by Gasteiger charge is 2.28. The molecule has 0 bridgehead atoms. The van der Waals surface area contributed by atoms with Crippen LogP contribution in [0, 0.1) is 13.8 Å². The zero-order valence-electron chi connectivity index (χ0n) is 20.2. The first-order valence-corrected chi connectivity index (χ1v) is 11.8. The minimum Gasteiger partial charge on any atom is -0.339 e. The molecule has 0 unspecified atom stereocenters. The summed E-state index contributed by atoms with van der Waals surface area (Å²) in [6.45, 7) is 11.2. The van der Waals surface area contributed by atoms with Crippen molar-refractivity contribution in [3.05, 3.63) is 83.2 Å². The SMILES string of the molecule is Cc1nn(-c2ccccc2)c(C)c1CN(C)[C@@H](C)C(=O)N1CCN(Cc2ccccc2)CC1. The average Bonchev–Trinajstić information content (AvgIpc) is 3.13. The van der Waals surface area contributed by atoms with E-state index in [-0.39, 0.29) is 11.9 Å². The monoisotopic (exact) mass is 445 g/mol. The average molecular weight is 446 g/mol. The Kier molecular flexibility index (Phi) is 7.26. The van der Waals surface area contributed by atoms with E-state index in [0.717, 1.165) is 49.8 Å². The fourth-order valence-electron chi connectivity index (χ4n) is 4.53. The van der Waals surface area contributed by atoms with Crippen molar-refractivity contribution in [3.8, 4) is 5.69 Å². The Morgan fingerprint density at radius 1 is 0.970 bits per heavy atom. The van der Waals surface area contributed by atoms with Gasteiger partial charge >= 0.3 is 0 Å². The lowest BCUT2D eigenvalue weighted by atomic mass is 10.1. The number of amides is 1. The number of hydrogen-bond acceptors (Lipinski definition) is 4. The maximum Gasteiger partial charge on any atom is 0.239 e. The van der Waals surface area contributed by atoms with Crippen molar-refractivity contribution in [2.24, 2.45) is 0 Å². The second-order valence-corrected chi connectivity index (χ2v) is 9.07. The summed E-state index contributed by atoms with van der Waals surface area (Å²) in [4.78, 5) is 19.8. The lowest BCUT2D eigenvalue weighted by Crippen LogP contribution is -2.53. The summed E-state index contributed by atoms with van der Waals surface area (Å²) in [6.07, 6.45) is 0. The van der Waals surface area contributed by atoms with Crippen molar-refractivity contribution in [1.29, 1.82) is 0 Å². The molecule has 6 nitrogen and oxygen atoms in total. The van der Waals surface area contributed by atoms with Gasteiger partial charge in [-0.2, -0.15) is 5.10 Å². The van der Waals surface area contributed by atoms with Crippen LogP contribution in [0.3, 0.4) is 0 Å². The highest BCUT2D eigenvalue weighted by molar-refractivity contribution is 5.81. The van der Waals surface area contributed by atoms with Crippen LogP contribution in [0.5, 0.6) is 0 Å². The second-order valence-electron chi connectivity index (χ2n) is 9.07. The molecule has 3 aromatic rings. The van der Waals surface area contributed by atoms with E-state index in [9.17, 15) is 4.79 Å². The molecule has 0 radical (unpaired) electrons. The zero-order chi connectivity index (χ0) is 23.4. The summed E-state index contributed by atoms with van der Waals surface area (Å²) in [5.74, 6) is 0.211. The molecule has 0 N–H and O–H groups in total. The Labute approximate surface area is 197 Å². The first kappa shape index (κ1) is 23.2. The van der Waals surface area contributed by atoms with Crippen molar-refractivity contribution in [2.45, 2.75) is 39.9 Å². The van der Waals surface area contributed by atoms with Crippen molar-refractivity contribution in [1.82, 2.24) is 24.5 Å². The first-order valence-electron chi connectivity index (χ1n) is 11.8. The molecule has 1 saturated heterocycles. The van der Waals surface area contributed by atoms with Gasteiger partial charge in [-0.25, -0.2) is 4.68 Å². The van der Waals surface area contributed by atoms with Crippen LogP contribution in [-0.4, -0.2) is 69.7 Å². The van der Waals surface area contributed by atoms with Gasteiger partial charge in [0.25, 0.3) is 0 Å². The first-order chi connectivity index (χ1) is 15.9. The van der Waals surface area contributed by atoms with Gasteiger partial charge < -0.3 is 4.90 Å². The number of carbonyl (C=O) groups excluding carboxylic acids is 1. The number of rotatable bonds is 7. The number of piperazine rings is 1. The van der Waals surface area contributed by atoms with Gasteiger partial charge in [0.2, 0.25) is 5.91 Å². The molecule has 2 aromatic carbocycles. The van der Waals surface area contributed by atoms with E-state index in [2.05, 4.69) is 53.1 Å². The summed E-state index contributed by atoms with van der Waals surface area (Å²) in [6, 6.07) is 20.6. The number of carbonyl (C=O) groups is 1. The van der Waals surface area contributed by atoms with Gasteiger partial charge in [-0.1, -0.05) is 48.5 Å². The Bertz CT molecular complexity index is 1050. The molecule has 0 aliphatic carbocycles. The molecular formula is C27H35N5O. The number of aromatic nitrogens is 2. The lowest BCUT2D eigenvalue weighted by molar-refractivity contribution is -0.138. The summed E-state index contributed by atoms with van der Waals surface area (Å²) in [5, 5.41) is 4.76. The molecule has 174 valence electrons. The molecule has 0 spiro atoms. The predicted molar refractivity (Wildman–Crippen MR) is 132 cm³/mol. The smallest absolute Gasteiger partial charge is 0.239 e. The summed E-state index contributed by atoms with van der Waals surface area (Å²) in [7, 11) is 2.03.